The Kier molecular flexibility index (Phi) is 6.40. The second kappa shape index (κ2) is 9.77. The molecule has 1 amide bonds. The van der Waals surface area contributed by atoms with Crippen LogP contribution in [0.1, 0.15) is 11.4 Å². The Balaban J connectivity index is 1.27. The van der Waals surface area contributed by atoms with Gasteiger partial charge in [0.15, 0.2) is 11.0 Å². The van der Waals surface area contributed by atoms with Crippen LogP contribution in [0, 0.1) is 13.8 Å². The van der Waals surface area contributed by atoms with Crippen LogP contribution >= 0.6 is 11.8 Å². The van der Waals surface area contributed by atoms with Gasteiger partial charge in [-0.3, -0.25) is 4.79 Å². The third-order valence-electron chi connectivity index (χ3n) is 5.93. The lowest BCUT2D eigenvalue weighted by Gasteiger charge is -2.35. The van der Waals surface area contributed by atoms with Crippen molar-refractivity contribution in [3.63, 3.8) is 0 Å². The second-order valence-corrected chi connectivity index (χ2v) is 9.32. The third-order valence-corrected chi connectivity index (χ3v) is 6.77. The molecule has 0 N–H and O–H groups in total. The monoisotopic (exact) mass is 470 g/mol. The molecule has 0 bridgehead atoms. The average molecular weight is 471 g/mol. The number of thioether (sulfide) groups is 1. The Morgan fingerprint density at radius 1 is 0.853 bits per heavy atom. The third kappa shape index (κ3) is 4.72. The number of anilines is 1. The number of hydrogen-bond donors (Lipinski definition) is 0. The molecule has 0 radical (unpaired) electrons. The van der Waals surface area contributed by atoms with Crippen molar-refractivity contribution in [1.29, 1.82) is 0 Å². The van der Waals surface area contributed by atoms with Gasteiger partial charge >= 0.3 is 0 Å². The number of amides is 1. The van der Waals surface area contributed by atoms with Crippen LogP contribution in [0.15, 0.2) is 65.8 Å². The van der Waals surface area contributed by atoms with Crippen molar-refractivity contribution >= 4 is 34.3 Å². The van der Waals surface area contributed by atoms with Crippen LogP contribution in [0.2, 0.25) is 0 Å². The summed E-state index contributed by atoms with van der Waals surface area (Å²) in [4.78, 5) is 25.8. The van der Waals surface area contributed by atoms with Gasteiger partial charge in [0.05, 0.1) is 5.75 Å². The van der Waals surface area contributed by atoms with E-state index >= 15 is 0 Å². The van der Waals surface area contributed by atoms with E-state index in [1.807, 2.05) is 55.1 Å². The van der Waals surface area contributed by atoms with Gasteiger partial charge in [-0.15, -0.1) is 10.2 Å². The summed E-state index contributed by atoms with van der Waals surface area (Å²) in [6.45, 7) is 6.64. The summed E-state index contributed by atoms with van der Waals surface area (Å²) in [6, 6.07) is 20.4. The molecular weight excluding hydrogens is 444 g/mol. The number of carbonyl (C=O) groups is 1. The summed E-state index contributed by atoms with van der Waals surface area (Å²) in [6.07, 6.45) is 0. The van der Waals surface area contributed by atoms with Crippen molar-refractivity contribution in [1.82, 2.24) is 25.1 Å². The summed E-state index contributed by atoms with van der Waals surface area (Å²) < 4.78 is 0. The lowest BCUT2D eigenvalue weighted by molar-refractivity contribution is -0.128. The van der Waals surface area contributed by atoms with E-state index in [4.69, 9.17) is 0 Å². The Morgan fingerprint density at radius 3 is 2.21 bits per heavy atom. The lowest BCUT2D eigenvalue weighted by Crippen LogP contribution is -2.49. The molecule has 1 saturated heterocycles. The van der Waals surface area contributed by atoms with Crippen LogP contribution in [0.3, 0.4) is 0 Å². The molecule has 1 aliphatic heterocycles. The van der Waals surface area contributed by atoms with E-state index in [0.717, 1.165) is 52.3 Å². The van der Waals surface area contributed by atoms with E-state index in [-0.39, 0.29) is 5.91 Å². The molecule has 0 saturated carbocycles. The Bertz CT molecular complexity index is 1300. The number of rotatable bonds is 5. The number of aromatic nitrogens is 4. The van der Waals surface area contributed by atoms with Crippen LogP contribution in [0.5, 0.6) is 0 Å². The number of hydrogen-bond acceptors (Lipinski definition) is 7. The van der Waals surface area contributed by atoms with E-state index < -0.39 is 0 Å². The first kappa shape index (κ1) is 22.3. The molecule has 8 heteroatoms. The van der Waals surface area contributed by atoms with Gasteiger partial charge in [-0.25, -0.2) is 9.97 Å². The maximum atomic E-state index is 12.8. The summed E-state index contributed by atoms with van der Waals surface area (Å²) in [5.74, 6) is 1.33. The molecule has 34 heavy (non-hydrogen) atoms. The average Bonchev–Trinajstić information content (AvgIpc) is 2.87. The minimum absolute atomic E-state index is 0.114. The van der Waals surface area contributed by atoms with E-state index in [2.05, 4.69) is 49.3 Å². The van der Waals surface area contributed by atoms with E-state index in [1.165, 1.54) is 11.8 Å². The number of nitrogens with zero attached hydrogens (tertiary/aromatic N) is 6. The molecule has 2 aromatic heterocycles. The van der Waals surface area contributed by atoms with Gasteiger partial charge in [-0.05, 0) is 19.9 Å². The standard InChI is InChI=1S/C26H26N6OS/c1-18-16-19(2)28-26(27-18)34-17-23(33)31-12-14-32(15-13-31)25-22-11-7-6-10-21(22)24(29-30-25)20-8-4-3-5-9-20/h3-11,16H,12-15,17H2,1-2H3. The molecule has 172 valence electrons. The number of fused-ring (bicyclic) bond motifs is 1. The minimum atomic E-state index is 0.114. The molecule has 0 aliphatic carbocycles. The highest BCUT2D eigenvalue weighted by atomic mass is 32.2. The highest BCUT2D eigenvalue weighted by Crippen LogP contribution is 2.31. The molecule has 1 fully saturated rings. The van der Waals surface area contributed by atoms with Crippen molar-refractivity contribution < 1.29 is 4.79 Å². The predicted octanol–water partition coefficient (Wildman–Crippen LogP) is 4.14. The van der Waals surface area contributed by atoms with Crippen molar-refractivity contribution in [2.75, 3.05) is 36.8 Å². The zero-order chi connectivity index (χ0) is 23.5. The largest absolute Gasteiger partial charge is 0.351 e. The van der Waals surface area contributed by atoms with Crippen LogP contribution in [-0.2, 0) is 4.79 Å². The Labute approximate surface area is 203 Å². The second-order valence-electron chi connectivity index (χ2n) is 8.37. The van der Waals surface area contributed by atoms with Crippen molar-refractivity contribution in [2.24, 2.45) is 0 Å². The molecule has 0 atom stereocenters. The van der Waals surface area contributed by atoms with Gasteiger partial charge in [0.25, 0.3) is 0 Å². The number of aryl methyl sites for hydroxylation is 2. The fourth-order valence-corrected chi connectivity index (χ4v) is 5.13. The highest BCUT2D eigenvalue weighted by Gasteiger charge is 2.24. The van der Waals surface area contributed by atoms with Gasteiger partial charge in [-0.1, -0.05) is 66.4 Å². The van der Waals surface area contributed by atoms with Crippen LogP contribution in [-0.4, -0.2) is 62.9 Å². The van der Waals surface area contributed by atoms with Crippen molar-refractivity contribution in [3.05, 3.63) is 72.1 Å². The molecule has 7 nitrogen and oxygen atoms in total. The number of piperazine rings is 1. The van der Waals surface area contributed by atoms with Gasteiger partial charge < -0.3 is 9.80 Å². The van der Waals surface area contributed by atoms with Crippen LogP contribution in [0.4, 0.5) is 5.82 Å². The fraction of sp³-hybridized carbons (Fsp3) is 0.269. The van der Waals surface area contributed by atoms with E-state index in [0.29, 0.717) is 24.0 Å². The highest BCUT2D eigenvalue weighted by molar-refractivity contribution is 7.99. The van der Waals surface area contributed by atoms with Gasteiger partial charge in [0.2, 0.25) is 5.91 Å². The molecule has 0 unspecified atom stereocenters. The number of carbonyl (C=O) groups excluding carboxylic acids is 1. The van der Waals surface area contributed by atoms with Crippen LogP contribution in [0.25, 0.3) is 22.0 Å². The predicted molar refractivity (Wildman–Crippen MR) is 136 cm³/mol. The fourth-order valence-electron chi connectivity index (χ4n) is 4.28. The summed E-state index contributed by atoms with van der Waals surface area (Å²) in [7, 11) is 0. The summed E-state index contributed by atoms with van der Waals surface area (Å²) in [5, 5.41) is 12.0. The van der Waals surface area contributed by atoms with Gasteiger partial charge in [-0.2, -0.15) is 0 Å². The normalized spacial score (nSPS) is 13.9. The van der Waals surface area contributed by atoms with Gasteiger partial charge in [0.1, 0.15) is 5.69 Å². The van der Waals surface area contributed by atoms with Gasteiger partial charge in [0, 0.05) is 53.9 Å². The van der Waals surface area contributed by atoms with Crippen LogP contribution < -0.4 is 4.90 Å². The first-order valence-electron chi connectivity index (χ1n) is 11.4. The quantitative estimate of drug-likeness (QED) is 0.320. The Morgan fingerprint density at radius 2 is 1.50 bits per heavy atom. The first-order chi connectivity index (χ1) is 16.6. The smallest absolute Gasteiger partial charge is 0.233 e. The van der Waals surface area contributed by atoms with E-state index in [9.17, 15) is 4.79 Å². The van der Waals surface area contributed by atoms with Crippen molar-refractivity contribution in [3.8, 4) is 11.3 Å². The summed E-state index contributed by atoms with van der Waals surface area (Å²) in [5.41, 5.74) is 3.78. The molecule has 3 heterocycles. The molecule has 4 aromatic rings. The number of benzene rings is 2. The maximum absolute atomic E-state index is 12.8. The zero-order valence-corrected chi connectivity index (χ0v) is 20.1. The Hall–Kier alpha value is -3.52. The summed E-state index contributed by atoms with van der Waals surface area (Å²) >= 11 is 1.40. The van der Waals surface area contributed by atoms with E-state index in [1.54, 1.807) is 0 Å². The SMILES string of the molecule is Cc1cc(C)nc(SCC(=O)N2CCN(c3nnc(-c4ccccc4)c4ccccc34)CC2)n1. The van der Waals surface area contributed by atoms with Crippen molar-refractivity contribution in [2.45, 2.75) is 19.0 Å². The minimum Gasteiger partial charge on any atom is -0.351 e. The topological polar surface area (TPSA) is 75.1 Å². The maximum Gasteiger partial charge on any atom is 0.233 e. The molecule has 2 aromatic carbocycles. The molecular formula is C26H26N6OS. The molecule has 0 spiro atoms. The molecule has 1 aliphatic rings. The molecule has 5 rings (SSSR count). The zero-order valence-electron chi connectivity index (χ0n) is 19.3. The first-order valence-corrected chi connectivity index (χ1v) is 12.4. The lowest BCUT2D eigenvalue weighted by atomic mass is 10.0.